The van der Waals surface area contributed by atoms with Gasteiger partial charge in [0.25, 0.3) is 0 Å². The Balaban J connectivity index is 2.99. The summed E-state index contributed by atoms with van der Waals surface area (Å²) in [5.41, 5.74) is 0. The first-order chi connectivity index (χ1) is 7.13. The number of hydrogen-bond donors (Lipinski definition) is 2. The highest BCUT2D eigenvalue weighted by Crippen LogP contribution is 2.35. The van der Waals surface area contributed by atoms with Gasteiger partial charge in [0.1, 0.15) is 0 Å². The molecular weight excluding hydrogens is 256 g/mol. The molecule has 0 aromatic carbocycles. The number of carboxylic acids is 2. The highest BCUT2D eigenvalue weighted by atomic mass is 33.5. The van der Waals surface area contributed by atoms with Crippen LogP contribution < -0.4 is 0 Å². The van der Waals surface area contributed by atoms with Crippen LogP contribution in [0.25, 0.3) is 0 Å². The highest BCUT2D eigenvalue weighted by molar-refractivity contribution is 9.09. The molecule has 15 heavy (non-hydrogen) atoms. The third-order valence-corrected chi connectivity index (χ3v) is 5.75. The summed E-state index contributed by atoms with van der Waals surface area (Å²) in [6.45, 7) is 0. The van der Waals surface area contributed by atoms with Crippen LogP contribution >= 0.6 is 31.4 Å². The molecule has 0 rings (SSSR count). The summed E-state index contributed by atoms with van der Waals surface area (Å²) in [5.74, 6) is 0.135. The molecule has 7 heteroatoms. The van der Waals surface area contributed by atoms with Gasteiger partial charge in [0.15, 0.2) is 0 Å². The van der Waals surface area contributed by atoms with Crippen molar-refractivity contribution in [1.29, 1.82) is 0 Å². The fraction of sp³-hybridized carbons (Fsp3) is 0.750. The van der Waals surface area contributed by atoms with E-state index in [-0.39, 0.29) is 12.8 Å². The molecule has 0 aliphatic rings. The van der Waals surface area contributed by atoms with E-state index in [1.807, 2.05) is 0 Å². The standard InChI is InChI=1S/C8H14O4S3/c9-7(10)3-1-5-13-15-14-6-2-4-8(11)12/h1-6H2,(H,9,10)(H,11,12). The Morgan fingerprint density at radius 3 is 1.60 bits per heavy atom. The van der Waals surface area contributed by atoms with Crippen molar-refractivity contribution in [2.45, 2.75) is 25.7 Å². The molecule has 0 amide bonds. The Labute approximate surface area is 100 Å². The number of carbonyl (C=O) groups is 2. The smallest absolute Gasteiger partial charge is 0.303 e. The lowest BCUT2D eigenvalue weighted by atomic mass is 10.3. The normalized spacial score (nSPS) is 10.1. The van der Waals surface area contributed by atoms with Gasteiger partial charge in [-0.05, 0) is 22.7 Å². The number of carboxylic acid groups (broad SMARTS) is 2. The predicted octanol–water partition coefficient (Wildman–Crippen LogP) is 2.75. The topological polar surface area (TPSA) is 74.6 Å². The first-order valence-corrected chi connectivity index (χ1v) is 8.29. The van der Waals surface area contributed by atoms with Crippen LogP contribution in [0.4, 0.5) is 0 Å². The summed E-state index contributed by atoms with van der Waals surface area (Å²) in [4.78, 5) is 20.3. The van der Waals surface area contributed by atoms with Crippen molar-refractivity contribution in [3.05, 3.63) is 0 Å². The van der Waals surface area contributed by atoms with Crippen LogP contribution in [0.2, 0.25) is 0 Å². The van der Waals surface area contributed by atoms with E-state index in [0.29, 0.717) is 12.8 Å². The van der Waals surface area contributed by atoms with Crippen LogP contribution in [0.15, 0.2) is 0 Å². The quantitative estimate of drug-likeness (QED) is 0.467. The van der Waals surface area contributed by atoms with Gasteiger partial charge < -0.3 is 10.2 Å². The molecule has 0 aliphatic heterocycles. The summed E-state index contributed by atoms with van der Waals surface area (Å²) in [7, 11) is 4.85. The SMILES string of the molecule is O=C(O)CCCSSSCCCC(=O)O. The molecule has 0 heterocycles. The van der Waals surface area contributed by atoms with Crippen molar-refractivity contribution in [3.63, 3.8) is 0 Å². The van der Waals surface area contributed by atoms with E-state index in [0.717, 1.165) is 11.5 Å². The van der Waals surface area contributed by atoms with Gasteiger partial charge in [-0.25, -0.2) is 0 Å². The number of hydrogen-bond acceptors (Lipinski definition) is 5. The van der Waals surface area contributed by atoms with E-state index < -0.39 is 11.9 Å². The Kier molecular flexibility index (Phi) is 10.5. The van der Waals surface area contributed by atoms with Crippen molar-refractivity contribution in [2.24, 2.45) is 0 Å². The summed E-state index contributed by atoms with van der Waals surface area (Å²) in [5, 5.41) is 16.7. The molecule has 88 valence electrons. The summed E-state index contributed by atoms with van der Waals surface area (Å²) >= 11 is 0. The number of rotatable bonds is 10. The van der Waals surface area contributed by atoms with Gasteiger partial charge in [-0.1, -0.05) is 21.6 Å². The van der Waals surface area contributed by atoms with Crippen LogP contribution in [-0.2, 0) is 9.59 Å². The van der Waals surface area contributed by atoms with E-state index in [1.165, 1.54) is 0 Å². The van der Waals surface area contributed by atoms with Crippen LogP contribution in [0.3, 0.4) is 0 Å². The molecule has 0 aromatic rings. The molecule has 0 aliphatic carbocycles. The molecule has 4 nitrogen and oxygen atoms in total. The van der Waals surface area contributed by atoms with Crippen molar-refractivity contribution >= 4 is 43.4 Å². The average molecular weight is 270 g/mol. The minimum Gasteiger partial charge on any atom is -0.481 e. The first kappa shape index (κ1) is 15.0. The molecule has 0 fully saturated rings. The van der Waals surface area contributed by atoms with Crippen molar-refractivity contribution in [3.8, 4) is 0 Å². The van der Waals surface area contributed by atoms with Gasteiger partial charge in [-0.3, -0.25) is 9.59 Å². The lowest BCUT2D eigenvalue weighted by Crippen LogP contribution is -1.94. The zero-order valence-electron chi connectivity index (χ0n) is 8.18. The third-order valence-electron chi connectivity index (χ3n) is 1.33. The lowest BCUT2D eigenvalue weighted by Gasteiger charge is -1.98. The zero-order valence-corrected chi connectivity index (χ0v) is 10.6. The molecule has 2 N–H and O–H groups in total. The fourth-order valence-corrected chi connectivity index (χ4v) is 4.55. The maximum Gasteiger partial charge on any atom is 0.303 e. The molecule has 0 aromatic heterocycles. The van der Waals surface area contributed by atoms with Gasteiger partial charge in [0, 0.05) is 24.3 Å². The largest absolute Gasteiger partial charge is 0.481 e. The maximum absolute atomic E-state index is 10.2. The second kappa shape index (κ2) is 10.5. The molecule has 0 saturated carbocycles. The lowest BCUT2D eigenvalue weighted by molar-refractivity contribution is -0.138. The molecule has 0 unspecified atom stereocenters. The minimum absolute atomic E-state index is 0.219. The molecule has 0 saturated heterocycles. The molecule has 0 radical (unpaired) electrons. The average Bonchev–Trinajstić information content (AvgIpc) is 2.14. The molecule has 0 spiro atoms. The van der Waals surface area contributed by atoms with Crippen molar-refractivity contribution in [1.82, 2.24) is 0 Å². The molecular formula is C8H14O4S3. The van der Waals surface area contributed by atoms with Crippen LogP contribution in [0, 0.1) is 0 Å². The molecule has 0 atom stereocenters. The van der Waals surface area contributed by atoms with Gasteiger partial charge >= 0.3 is 11.9 Å². The molecule has 0 bridgehead atoms. The van der Waals surface area contributed by atoms with Gasteiger partial charge in [0.2, 0.25) is 0 Å². The summed E-state index contributed by atoms with van der Waals surface area (Å²) in [6.07, 6.45) is 1.81. The minimum atomic E-state index is -0.755. The second-order valence-electron chi connectivity index (χ2n) is 2.71. The van der Waals surface area contributed by atoms with Crippen LogP contribution in [-0.4, -0.2) is 33.7 Å². The zero-order chi connectivity index (χ0) is 11.5. The van der Waals surface area contributed by atoms with E-state index >= 15 is 0 Å². The van der Waals surface area contributed by atoms with E-state index in [1.54, 1.807) is 31.4 Å². The predicted molar refractivity (Wildman–Crippen MR) is 66.2 cm³/mol. The Morgan fingerprint density at radius 1 is 0.867 bits per heavy atom. The fourth-order valence-electron chi connectivity index (χ4n) is 0.667. The van der Waals surface area contributed by atoms with Crippen molar-refractivity contribution in [2.75, 3.05) is 11.5 Å². The van der Waals surface area contributed by atoms with Crippen molar-refractivity contribution < 1.29 is 19.8 Å². The van der Waals surface area contributed by atoms with E-state index in [4.69, 9.17) is 10.2 Å². The monoisotopic (exact) mass is 270 g/mol. The van der Waals surface area contributed by atoms with Gasteiger partial charge in [-0.2, -0.15) is 0 Å². The van der Waals surface area contributed by atoms with Gasteiger partial charge in [-0.15, -0.1) is 0 Å². The summed E-state index contributed by atoms with van der Waals surface area (Å²) < 4.78 is 0. The van der Waals surface area contributed by atoms with E-state index in [2.05, 4.69) is 0 Å². The van der Waals surface area contributed by atoms with Crippen LogP contribution in [0.1, 0.15) is 25.7 Å². The summed E-state index contributed by atoms with van der Waals surface area (Å²) in [6, 6.07) is 0. The Hall–Kier alpha value is -0.0100. The first-order valence-electron chi connectivity index (χ1n) is 4.47. The van der Waals surface area contributed by atoms with E-state index in [9.17, 15) is 9.59 Å². The third kappa shape index (κ3) is 14.0. The highest BCUT2D eigenvalue weighted by Gasteiger charge is 1.99. The second-order valence-corrected chi connectivity index (χ2v) is 7.18. The Morgan fingerprint density at radius 2 is 1.27 bits per heavy atom. The Bertz CT molecular complexity index is 178. The number of aliphatic carboxylic acids is 2. The van der Waals surface area contributed by atoms with Crippen LogP contribution in [0.5, 0.6) is 0 Å². The maximum atomic E-state index is 10.2. The van der Waals surface area contributed by atoms with Gasteiger partial charge in [0.05, 0.1) is 0 Å².